The zero-order chi connectivity index (χ0) is 25.7. The number of nitrogens with zero attached hydrogens (tertiary/aromatic N) is 6. The van der Waals surface area contributed by atoms with Crippen molar-refractivity contribution in [3.63, 3.8) is 0 Å². The third-order valence-electron chi connectivity index (χ3n) is 7.27. The van der Waals surface area contributed by atoms with E-state index >= 15 is 0 Å². The summed E-state index contributed by atoms with van der Waals surface area (Å²) >= 11 is 6.32. The van der Waals surface area contributed by atoms with Crippen molar-refractivity contribution < 1.29 is 22.3 Å². The van der Waals surface area contributed by atoms with Gasteiger partial charge in [-0.3, -0.25) is 9.47 Å². The van der Waals surface area contributed by atoms with E-state index < -0.39 is 23.6 Å². The second-order valence-electron chi connectivity index (χ2n) is 9.97. The number of ether oxygens (including phenoxy) is 1. The van der Waals surface area contributed by atoms with Crippen molar-refractivity contribution in [3.8, 4) is 5.69 Å². The average Bonchev–Trinajstić information content (AvgIpc) is 3.20. The minimum Gasteiger partial charge on any atom is -0.375 e. The predicted octanol–water partition coefficient (Wildman–Crippen LogP) is 4.83. The molecule has 2 aromatic heterocycles. The van der Waals surface area contributed by atoms with Crippen LogP contribution in [-0.4, -0.2) is 63.2 Å². The van der Waals surface area contributed by atoms with Crippen molar-refractivity contribution in [3.05, 3.63) is 64.1 Å². The molecule has 6 rings (SSSR count). The van der Waals surface area contributed by atoms with Crippen molar-refractivity contribution in [1.29, 1.82) is 0 Å². The maximum Gasteiger partial charge on any atom is 0.283 e. The smallest absolute Gasteiger partial charge is 0.283 e. The maximum atomic E-state index is 14.9. The summed E-state index contributed by atoms with van der Waals surface area (Å²) < 4.78 is 62.0. The molecule has 0 radical (unpaired) electrons. The van der Waals surface area contributed by atoms with E-state index in [0.717, 1.165) is 29.0 Å². The normalized spacial score (nSPS) is 19.9. The predicted molar refractivity (Wildman–Crippen MR) is 128 cm³/mol. The molecule has 1 aromatic carbocycles. The van der Waals surface area contributed by atoms with Gasteiger partial charge in [0.2, 0.25) is 0 Å². The molecular weight excluding hydrogens is 512 g/mol. The minimum atomic E-state index is -2.97. The number of halogens is 5. The summed E-state index contributed by atoms with van der Waals surface area (Å²) in [5.74, 6) is 0.934. The molecule has 196 valence electrons. The lowest BCUT2D eigenvalue weighted by Crippen LogP contribution is -2.53. The van der Waals surface area contributed by atoms with E-state index in [9.17, 15) is 17.6 Å². The van der Waals surface area contributed by atoms with Gasteiger partial charge in [0.05, 0.1) is 25.4 Å². The molecule has 3 aliphatic heterocycles. The average molecular weight is 537 g/mol. The number of hydrogen-bond acceptors (Lipinski definition) is 6. The molecule has 2 saturated heterocycles. The standard InChI is InChI=1S/C25H25ClF4N6O/c26-17-1-3-19-16(9-17)10-34(12-25(30)13-37-14-25)11-21-32-33-24(36(19)21)15-5-7-35(8-6-15)20-4-2-18(27)22(31-20)23(28)29/h1-4,9,15,23H,5-8,10-14H2. The molecule has 0 aliphatic carbocycles. The molecular formula is C25H25ClF4N6O. The molecule has 0 N–H and O–H groups in total. The van der Waals surface area contributed by atoms with E-state index in [0.29, 0.717) is 49.9 Å². The number of alkyl halides is 3. The highest BCUT2D eigenvalue weighted by atomic mass is 35.5. The van der Waals surface area contributed by atoms with E-state index in [-0.39, 0.29) is 25.7 Å². The van der Waals surface area contributed by atoms with E-state index in [4.69, 9.17) is 16.3 Å². The topological polar surface area (TPSA) is 59.3 Å². The Morgan fingerprint density at radius 3 is 2.57 bits per heavy atom. The van der Waals surface area contributed by atoms with Crippen LogP contribution in [0.15, 0.2) is 30.3 Å². The number of anilines is 1. The lowest BCUT2D eigenvalue weighted by Gasteiger charge is -2.37. The Morgan fingerprint density at radius 2 is 1.86 bits per heavy atom. The highest BCUT2D eigenvalue weighted by Gasteiger charge is 2.41. The number of piperidine rings is 1. The number of fused-ring (bicyclic) bond motifs is 3. The number of rotatable bonds is 5. The molecule has 0 amide bonds. The Morgan fingerprint density at radius 1 is 1.08 bits per heavy atom. The first-order valence-electron chi connectivity index (χ1n) is 12.2. The number of aromatic nitrogens is 4. The molecule has 0 bridgehead atoms. The fraction of sp³-hybridized carbons (Fsp3) is 0.480. The van der Waals surface area contributed by atoms with Crippen molar-refractivity contribution in [1.82, 2.24) is 24.6 Å². The Bertz CT molecular complexity index is 1310. The Labute approximate surface area is 216 Å². The Hall–Kier alpha value is -2.76. The summed E-state index contributed by atoms with van der Waals surface area (Å²) in [6.07, 6.45) is -1.58. The highest BCUT2D eigenvalue weighted by molar-refractivity contribution is 6.30. The fourth-order valence-corrected chi connectivity index (χ4v) is 5.62. The van der Waals surface area contributed by atoms with Crippen LogP contribution in [0, 0.1) is 5.82 Å². The fourth-order valence-electron chi connectivity index (χ4n) is 5.43. The van der Waals surface area contributed by atoms with Crippen LogP contribution < -0.4 is 4.90 Å². The van der Waals surface area contributed by atoms with Gasteiger partial charge in [0, 0.05) is 37.1 Å². The van der Waals surface area contributed by atoms with Gasteiger partial charge in [-0.2, -0.15) is 0 Å². The van der Waals surface area contributed by atoms with Gasteiger partial charge in [0.15, 0.2) is 17.3 Å². The maximum absolute atomic E-state index is 14.9. The summed E-state index contributed by atoms with van der Waals surface area (Å²) in [6.45, 7) is 2.46. The lowest BCUT2D eigenvalue weighted by atomic mass is 9.95. The third kappa shape index (κ3) is 4.68. The molecule has 7 nitrogen and oxygen atoms in total. The largest absolute Gasteiger partial charge is 0.375 e. The van der Waals surface area contributed by atoms with Crippen LogP contribution in [-0.2, 0) is 17.8 Å². The molecule has 0 atom stereocenters. The van der Waals surface area contributed by atoms with Gasteiger partial charge in [-0.25, -0.2) is 22.5 Å². The quantitative estimate of drug-likeness (QED) is 0.435. The minimum absolute atomic E-state index is 0.0649. The summed E-state index contributed by atoms with van der Waals surface area (Å²) in [5.41, 5.74) is -0.319. The van der Waals surface area contributed by atoms with Gasteiger partial charge < -0.3 is 9.64 Å². The number of hydrogen-bond donors (Lipinski definition) is 0. The molecule has 0 saturated carbocycles. The summed E-state index contributed by atoms with van der Waals surface area (Å²) in [7, 11) is 0. The third-order valence-corrected chi connectivity index (χ3v) is 7.51. The zero-order valence-electron chi connectivity index (χ0n) is 19.9. The molecule has 3 aliphatic rings. The van der Waals surface area contributed by atoms with Crippen LogP contribution in [0.5, 0.6) is 0 Å². The van der Waals surface area contributed by atoms with Crippen molar-refractivity contribution in [2.24, 2.45) is 0 Å². The van der Waals surface area contributed by atoms with Gasteiger partial charge in [0.25, 0.3) is 6.43 Å². The highest BCUT2D eigenvalue weighted by Crippen LogP contribution is 2.36. The molecule has 0 spiro atoms. The Balaban J connectivity index is 1.26. The number of benzene rings is 1. The van der Waals surface area contributed by atoms with Crippen LogP contribution in [0.4, 0.5) is 23.4 Å². The second kappa shape index (κ2) is 9.52. The van der Waals surface area contributed by atoms with Gasteiger partial charge in [-0.15, -0.1) is 10.2 Å². The van der Waals surface area contributed by atoms with Crippen LogP contribution in [0.2, 0.25) is 5.02 Å². The van der Waals surface area contributed by atoms with Crippen LogP contribution in [0.1, 0.15) is 48.1 Å². The molecule has 37 heavy (non-hydrogen) atoms. The Kier molecular flexibility index (Phi) is 6.32. The molecule has 5 heterocycles. The molecule has 0 unspecified atom stereocenters. The summed E-state index contributed by atoms with van der Waals surface area (Å²) in [5, 5.41) is 9.64. The van der Waals surface area contributed by atoms with Gasteiger partial charge in [0.1, 0.15) is 17.3 Å². The number of pyridine rings is 1. The zero-order valence-corrected chi connectivity index (χ0v) is 20.6. The molecule has 2 fully saturated rings. The van der Waals surface area contributed by atoms with Crippen molar-refractivity contribution >= 4 is 17.4 Å². The van der Waals surface area contributed by atoms with E-state index in [1.165, 1.54) is 6.07 Å². The van der Waals surface area contributed by atoms with Gasteiger partial charge in [-0.05, 0) is 48.7 Å². The van der Waals surface area contributed by atoms with E-state index in [1.54, 1.807) is 0 Å². The van der Waals surface area contributed by atoms with Crippen molar-refractivity contribution in [2.45, 2.75) is 43.9 Å². The van der Waals surface area contributed by atoms with Gasteiger partial charge in [-0.1, -0.05) is 11.6 Å². The van der Waals surface area contributed by atoms with Crippen LogP contribution in [0.25, 0.3) is 5.69 Å². The molecule has 12 heteroatoms. The van der Waals surface area contributed by atoms with Crippen LogP contribution >= 0.6 is 11.6 Å². The van der Waals surface area contributed by atoms with Gasteiger partial charge >= 0.3 is 0 Å². The van der Waals surface area contributed by atoms with Crippen LogP contribution in [0.3, 0.4) is 0 Å². The van der Waals surface area contributed by atoms with E-state index in [1.807, 2.05) is 28.0 Å². The van der Waals surface area contributed by atoms with E-state index in [2.05, 4.69) is 19.7 Å². The first kappa shape index (κ1) is 24.6. The molecule has 3 aromatic rings. The van der Waals surface area contributed by atoms with Crippen molar-refractivity contribution in [2.75, 3.05) is 37.7 Å². The first-order valence-corrected chi connectivity index (χ1v) is 12.6. The SMILES string of the molecule is Fc1ccc(N2CCC(c3nnc4n3-c3ccc(Cl)cc3CN(CC3(F)COC3)C4)CC2)nc1C(F)F. The summed E-state index contributed by atoms with van der Waals surface area (Å²) in [6, 6.07) is 8.14. The summed E-state index contributed by atoms with van der Waals surface area (Å²) in [4.78, 5) is 7.76. The monoisotopic (exact) mass is 536 g/mol. The first-order chi connectivity index (χ1) is 17.8. The lowest BCUT2D eigenvalue weighted by molar-refractivity contribution is -0.142. The second-order valence-corrected chi connectivity index (χ2v) is 10.4.